The predicted octanol–water partition coefficient (Wildman–Crippen LogP) is 12.4. The van der Waals surface area contributed by atoms with E-state index in [2.05, 4.69) is 176 Å². The summed E-state index contributed by atoms with van der Waals surface area (Å²) in [7, 11) is 0. The van der Waals surface area contributed by atoms with Gasteiger partial charge < -0.3 is 4.42 Å². The number of hydrogen-bond donors (Lipinski definition) is 0. The number of hydrogen-bond acceptors (Lipinski definition) is 1. The molecule has 1 heterocycles. The highest BCUT2D eigenvalue weighted by Crippen LogP contribution is 2.61. The zero-order valence-corrected chi connectivity index (χ0v) is 26.2. The molecule has 10 rings (SSSR count). The van der Waals surface area contributed by atoms with Gasteiger partial charge in [0.25, 0.3) is 0 Å². The Morgan fingerprint density at radius 1 is 0.375 bits per heavy atom. The highest BCUT2D eigenvalue weighted by Gasteiger charge is 2.48. The topological polar surface area (TPSA) is 13.1 Å². The monoisotopic (exact) mass is 610 g/mol. The molecule has 48 heavy (non-hydrogen) atoms. The van der Waals surface area contributed by atoms with E-state index in [1.54, 1.807) is 0 Å². The van der Waals surface area contributed by atoms with Gasteiger partial charge in [-0.15, -0.1) is 0 Å². The first-order valence-corrected chi connectivity index (χ1v) is 16.6. The summed E-state index contributed by atoms with van der Waals surface area (Å²) < 4.78 is 6.27. The molecular weight excluding hydrogens is 581 g/mol. The Balaban J connectivity index is 1.39. The van der Waals surface area contributed by atoms with Crippen LogP contribution in [0.5, 0.6) is 0 Å². The van der Waals surface area contributed by atoms with Gasteiger partial charge in [-0.25, -0.2) is 0 Å². The first-order chi connectivity index (χ1) is 23.8. The summed E-state index contributed by atoms with van der Waals surface area (Å²) in [4.78, 5) is 0. The van der Waals surface area contributed by atoms with Crippen LogP contribution in [0.2, 0.25) is 0 Å². The van der Waals surface area contributed by atoms with E-state index >= 15 is 0 Å². The van der Waals surface area contributed by atoms with Crippen molar-refractivity contribution in [2.75, 3.05) is 0 Å². The number of furan rings is 1. The summed E-state index contributed by atoms with van der Waals surface area (Å²) >= 11 is 0. The number of para-hydroxylation sites is 1. The van der Waals surface area contributed by atoms with Gasteiger partial charge in [-0.1, -0.05) is 152 Å². The number of benzene rings is 8. The van der Waals surface area contributed by atoms with Crippen molar-refractivity contribution in [3.8, 4) is 33.4 Å². The minimum atomic E-state index is -0.542. The molecule has 1 aliphatic rings. The van der Waals surface area contributed by atoms with Crippen LogP contribution in [0.15, 0.2) is 186 Å². The minimum absolute atomic E-state index is 0.542. The number of fused-ring (bicyclic) bond motifs is 8. The lowest BCUT2D eigenvalue weighted by atomic mass is 9.66. The summed E-state index contributed by atoms with van der Waals surface area (Å²) in [5.74, 6) is 0. The van der Waals surface area contributed by atoms with Crippen molar-refractivity contribution in [3.63, 3.8) is 0 Å². The second-order valence-corrected chi connectivity index (χ2v) is 12.8. The van der Waals surface area contributed by atoms with Crippen molar-refractivity contribution in [2.24, 2.45) is 0 Å². The van der Waals surface area contributed by atoms with E-state index in [4.69, 9.17) is 4.42 Å². The van der Waals surface area contributed by atoms with Crippen molar-refractivity contribution >= 4 is 32.7 Å². The Kier molecular flexibility index (Phi) is 5.86. The molecule has 0 N–H and O–H groups in total. The van der Waals surface area contributed by atoms with E-state index in [0.29, 0.717) is 0 Å². The summed E-state index contributed by atoms with van der Waals surface area (Å²) in [6, 6.07) is 66.5. The highest BCUT2D eigenvalue weighted by atomic mass is 16.3. The Hall–Kier alpha value is -6.18. The molecule has 0 bridgehead atoms. The van der Waals surface area contributed by atoms with Crippen molar-refractivity contribution in [3.05, 3.63) is 204 Å². The third kappa shape index (κ3) is 3.79. The molecule has 0 saturated heterocycles. The van der Waals surface area contributed by atoms with Crippen LogP contribution in [0.25, 0.3) is 66.1 Å². The van der Waals surface area contributed by atoms with Gasteiger partial charge in [-0.05, 0) is 96.7 Å². The molecule has 1 heteroatoms. The summed E-state index contributed by atoms with van der Waals surface area (Å²) in [6.07, 6.45) is 0. The second-order valence-electron chi connectivity index (χ2n) is 12.8. The fourth-order valence-electron chi connectivity index (χ4n) is 8.30. The van der Waals surface area contributed by atoms with Crippen LogP contribution in [0.1, 0.15) is 22.3 Å². The van der Waals surface area contributed by atoms with Crippen LogP contribution in [-0.4, -0.2) is 0 Å². The van der Waals surface area contributed by atoms with Crippen LogP contribution < -0.4 is 0 Å². The SMILES string of the molecule is c1ccc(-c2ccc3c(c2)C(c2ccccc2)(c2ccccc2)c2c-3c(-c3ccc4oc5ccccc5c4c3)cc3ccccc23)cc1. The van der Waals surface area contributed by atoms with Gasteiger partial charge in [-0.3, -0.25) is 0 Å². The fraction of sp³-hybridized carbons (Fsp3) is 0.0213. The molecular formula is C47H30O. The number of rotatable bonds is 4. The Labute approximate surface area is 279 Å². The van der Waals surface area contributed by atoms with Crippen LogP contribution in [-0.2, 0) is 5.41 Å². The zero-order chi connectivity index (χ0) is 31.7. The Morgan fingerprint density at radius 3 is 1.73 bits per heavy atom. The molecule has 1 nitrogen and oxygen atoms in total. The Bertz CT molecular complexity index is 2610. The van der Waals surface area contributed by atoms with E-state index in [1.807, 2.05) is 6.07 Å². The maximum atomic E-state index is 6.27. The molecule has 0 atom stereocenters. The average molecular weight is 611 g/mol. The molecule has 1 aliphatic carbocycles. The maximum absolute atomic E-state index is 6.27. The third-order valence-electron chi connectivity index (χ3n) is 10.3. The lowest BCUT2D eigenvalue weighted by molar-refractivity contribution is 0.669. The first kappa shape index (κ1) is 27.0. The first-order valence-electron chi connectivity index (χ1n) is 16.6. The van der Waals surface area contributed by atoms with E-state index in [0.717, 1.165) is 21.9 Å². The fourth-order valence-corrected chi connectivity index (χ4v) is 8.30. The molecule has 9 aromatic rings. The molecule has 8 aromatic carbocycles. The van der Waals surface area contributed by atoms with E-state index in [-0.39, 0.29) is 0 Å². The lowest BCUT2D eigenvalue weighted by Gasteiger charge is -2.35. The van der Waals surface area contributed by atoms with Gasteiger partial charge in [0.2, 0.25) is 0 Å². The summed E-state index contributed by atoms with van der Waals surface area (Å²) in [5.41, 5.74) is 13.9. The molecule has 0 fully saturated rings. The Morgan fingerprint density at radius 2 is 0.979 bits per heavy atom. The molecule has 0 aliphatic heterocycles. The van der Waals surface area contributed by atoms with Gasteiger partial charge in [-0.2, -0.15) is 0 Å². The van der Waals surface area contributed by atoms with Crippen LogP contribution in [0, 0.1) is 0 Å². The molecule has 0 radical (unpaired) electrons. The normalized spacial score (nSPS) is 13.2. The van der Waals surface area contributed by atoms with Crippen molar-refractivity contribution < 1.29 is 4.42 Å². The molecule has 0 saturated carbocycles. The van der Waals surface area contributed by atoms with E-state index in [1.165, 1.54) is 66.4 Å². The molecule has 1 aromatic heterocycles. The predicted molar refractivity (Wildman–Crippen MR) is 199 cm³/mol. The average Bonchev–Trinajstić information content (AvgIpc) is 3.69. The van der Waals surface area contributed by atoms with Gasteiger partial charge >= 0.3 is 0 Å². The minimum Gasteiger partial charge on any atom is -0.456 e. The zero-order valence-electron chi connectivity index (χ0n) is 26.2. The van der Waals surface area contributed by atoms with E-state index in [9.17, 15) is 0 Å². The van der Waals surface area contributed by atoms with Crippen molar-refractivity contribution in [1.29, 1.82) is 0 Å². The van der Waals surface area contributed by atoms with Crippen LogP contribution in [0.3, 0.4) is 0 Å². The summed E-state index contributed by atoms with van der Waals surface area (Å²) in [6.45, 7) is 0. The molecule has 224 valence electrons. The van der Waals surface area contributed by atoms with Gasteiger partial charge in [0.1, 0.15) is 11.2 Å². The largest absolute Gasteiger partial charge is 0.456 e. The molecule has 0 spiro atoms. The van der Waals surface area contributed by atoms with E-state index < -0.39 is 5.41 Å². The van der Waals surface area contributed by atoms with Crippen molar-refractivity contribution in [2.45, 2.75) is 5.41 Å². The van der Waals surface area contributed by atoms with Crippen LogP contribution in [0.4, 0.5) is 0 Å². The van der Waals surface area contributed by atoms with Crippen LogP contribution >= 0.6 is 0 Å². The lowest BCUT2D eigenvalue weighted by Crippen LogP contribution is -2.29. The molecule has 0 unspecified atom stereocenters. The highest BCUT2D eigenvalue weighted by molar-refractivity contribution is 6.10. The van der Waals surface area contributed by atoms with Crippen molar-refractivity contribution in [1.82, 2.24) is 0 Å². The third-order valence-corrected chi connectivity index (χ3v) is 10.3. The van der Waals surface area contributed by atoms with Gasteiger partial charge in [0.05, 0.1) is 5.41 Å². The standard InChI is InChI=1S/C47H30O/c1-4-14-31(15-5-1)32-24-26-39-42(30-32)47(35-17-6-2-7-18-35,36-19-8-3-9-20-36)46-37-21-11-10-16-33(37)28-40(45(39)46)34-25-27-44-41(29-34)38-22-12-13-23-43(38)48-44/h1-30H. The second kappa shape index (κ2) is 10.4. The maximum Gasteiger partial charge on any atom is 0.135 e. The van der Waals surface area contributed by atoms with Gasteiger partial charge in [0, 0.05) is 10.8 Å². The van der Waals surface area contributed by atoms with Gasteiger partial charge in [0.15, 0.2) is 0 Å². The summed E-state index contributed by atoms with van der Waals surface area (Å²) in [5, 5.41) is 4.79. The quantitative estimate of drug-likeness (QED) is 0.193. The molecule has 0 amide bonds. The smallest absolute Gasteiger partial charge is 0.135 e.